The number of nitrogens with one attached hydrogen (secondary N) is 1. The maximum atomic E-state index is 13.5. The number of thiophene rings is 1. The van der Waals surface area contributed by atoms with Gasteiger partial charge in [0.05, 0.1) is 15.7 Å². The molecule has 1 saturated heterocycles. The first-order valence-electron chi connectivity index (χ1n) is 11.4. The minimum Gasteiger partial charge on any atom is -0.339 e. The molecule has 4 rings (SSSR count). The number of rotatable bonds is 6. The van der Waals surface area contributed by atoms with Crippen LogP contribution in [0.3, 0.4) is 0 Å². The molecule has 0 aliphatic carbocycles. The van der Waals surface area contributed by atoms with E-state index in [1.807, 2.05) is 45.9 Å². The number of sulfonamides is 1. The van der Waals surface area contributed by atoms with Gasteiger partial charge in [-0.25, -0.2) is 8.42 Å². The molecule has 1 fully saturated rings. The topological polar surface area (TPSA) is 105 Å². The SMILES string of the molecule is Cc1cccc(NC(=O)C2CCCN(S(=O)(=O)c3cc(-c4noc(C(C)C)n4)sc3C)C2)c1C. The van der Waals surface area contributed by atoms with Crippen molar-refractivity contribution in [2.24, 2.45) is 5.92 Å². The van der Waals surface area contributed by atoms with E-state index >= 15 is 0 Å². The van der Waals surface area contributed by atoms with Crippen LogP contribution in [0.5, 0.6) is 0 Å². The molecule has 8 nitrogen and oxygen atoms in total. The minimum atomic E-state index is -3.77. The summed E-state index contributed by atoms with van der Waals surface area (Å²) in [6.45, 7) is 10.2. The Bertz CT molecular complexity index is 1310. The lowest BCUT2D eigenvalue weighted by molar-refractivity contribution is -0.120. The summed E-state index contributed by atoms with van der Waals surface area (Å²) in [6.07, 6.45) is 1.28. The average Bonchev–Trinajstić information content (AvgIpc) is 3.44. The van der Waals surface area contributed by atoms with E-state index in [1.165, 1.54) is 15.6 Å². The Morgan fingerprint density at radius 2 is 2.03 bits per heavy atom. The van der Waals surface area contributed by atoms with E-state index in [-0.39, 0.29) is 23.3 Å². The van der Waals surface area contributed by atoms with Gasteiger partial charge in [0.1, 0.15) is 0 Å². The van der Waals surface area contributed by atoms with Crippen LogP contribution < -0.4 is 5.32 Å². The number of carbonyl (C=O) groups is 1. The lowest BCUT2D eigenvalue weighted by Crippen LogP contribution is -2.43. The van der Waals surface area contributed by atoms with E-state index < -0.39 is 15.9 Å². The third-order valence-corrected chi connectivity index (χ3v) is 9.43. The van der Waals surface area contributed by atoms with Crippen LogP contribution in [0.15, 0.2) is 33.7 Å². The lowest BCUT2D eigenvalue weighted by atomic mass is 9.98. The number of benzene rings is 1. The predicted molar refractivity (Wildman–Crippen MR) is 132 cm³/mol. The first-order valence-corrected chi connectivity index (χ1v) is 13.6. The molecule has 0 saturated carbocycles. The summed E-state index contributed by atoms with van der Waals surface area (Å²) in [5.41, 5.74) is 2.88. The molecule has 0 spiro atoms. The zero-order chi connectivity index (χ0) is 24.6. The van der Waals surface area contributed by atoms with Crippen molar-refractivity contribution in [3.05, 3.63) is 46.2 Å². The van der Waals surface area contributed by atoms with Gasteiger partial charge in [0.2, 0.25) is 27.6 Å². The largest absolute Gasteiger partial charge is 0.339 e. The number of nitrogens with zero attached hydrogens (tertiary/aromatic N) is 3. The van der Waals surface area contributed by atoms with E-state index in [1.54, 1.807) is 13.0 Å². The second-order valence-electron chi connectivity index (χ2n) is 9.08. The Kier molecular flexibility index (Phi) is 6.93. The van der Waals surface area contributed by atoms with Gasteiger partial charge in [-0.05, 0) is 56.9 Å². The van der Waals surface area contributed by atoms with Crippen LogP contribution in [0.25, 0.3) is 10.7 Å². The van der Waals surface area contributed by atoms with Crippen molar-refractivity contribution in [3.63, 3.8) is 0 Å². The number of piperidine rings is 1. The molecule has 3 heterocycles. The monoisotopic (exact) mass is 502 g/mol. The highest BCUT2D eigenvalue weighted by Gasteiger charge is 2.35. The van der Waals surface area contributed by atoms with E-state index in [2.05, 4.69) is 15.5 Å². The molecule has 0 bridgehead atoms. The third kappa shape index (κ3) is 4.80. The van der Waals surface area contributed by atoms with Crippen molar-refractivity contribution in [2.75, 3.05) is 18.4 Å². The Balaban J connectivity index is 1.53. The normalized spacial score (nSPS) is 17.3. The van der Waals surface area contributed by atoms with E-state index in [0.29, 0.717) is 40.9 Å². The summed E-state index contributed by atoms with van der Waals surface area (Å²) in [7, 11) is -3.77. The van der Waals surface area contributed by atoms with E-state index in [0.717, 1.165) is 16.8 Å². The number of aryl methyl sites for hydroxylation is 2. The van der Waals surface area contributed by atoms with Gasteiger partial charge < -0.3 is 9.84 Å². The van der Waals surface area contributed by atoms with Crippen molar-refractivity contribution in [1.29, 1.82) is 0 Å². The summed E-state index contributed by atoms with van der Waals surface area (Å²) in [6, 6.07) is 7.39. The zero-order valence-electron chi connectivity index (χ0n) is 20.1. The molecule has 1 N–H and O–H groups in total. The number of carbonyl (C=O) groups excluding carboxylic acids is 1. The summed E-state index contributed by atoms with van der Waals surface area (Å²) in [5, 5.41) is 7.00. The standard InChI is InChI=1S/C24H30N4O4S2/c1-14(2)24-26-22(27-32-24)20-12-21(17(5)33-20)34(30,31)28-11-7-9-18(13-28)23(29)25-19-10-6-8-15(3)16(19)4/h6,8,10,12,14,18H,7,9,11,13H2,1-5H3,(H,25,29). The van der Waals surface area contributed by atoms with Crippen LogP contribution in [0, 0.1) is 26.7 Å². The van der Waals surface area contributed by atoms with Gasteiger partial charge in [-0.15, -0.1) is 11.3 Å². The highest BCUT2D eigenvalue weighted by molar-refractivity contribution is 7.89. The molecule has 10 heteroatoms. The highest BCUT2D eigenvalue weighted by Crippen LogP contribution is 2.35. The molecule has 1 unspecified atom stereocenters. The fraction of sp³-hybridized carbons (Fsp3) is 0.458. The zero-order valence-corrected chi connectivity index (χ0v) is 21.7. The van der Waals surface area contributed by atoms with Crippen molar-refractivity contribution < 1.29 is 17.7 Å². The third-order valence-electron chi connectivity index (χ3n) is 6.26. The Hall–Kier alpha value is -2.56. The molecule has 1 aromatic carbocycles. The van der Waals surface area contributed by atoms with Gasteiger partial charge in [-0.1, -0.05) is 31.1 Å². The maximum Gasteiger partial charge on any atom is 0.244 e. The first kappa shape index (κ1) is 24.6. The summed E-state index contributed by atoms with van der Waals surface area (Å²) < 4.78 is 33.8. The quantitative estimate of drug-likeness (QED) is 0.515. The van der Waals surface area contributed by atoms with Crippen molar-refractivity contribution in [1.82, 2.24) is 14.4 Å². The Morgan fingerprint density at radius 3 is 2.74 bits per heavy atom. The van der Waals surface area contributed by atoms with Gasteiger partial charge in [0.15, 0.2) is 0 Å². The molecule has 34 heavy (non-hydrogen) atoms. The van der Waals surface area contributed by atoms with Gasteiger partial charge in [-0.2, -0.15) is 9.29 Å². The molecule has 2 aromatic heterocycles. The van der Waals surface area contributed by atoms with Crippen molar-refractivity contribution in [3.8, 4) is 10.7 Å². The molecule has 0 radical (unpaired) electrons. The van der Waals surface area contributed by atoms with Crippen molar-refractivity contribution >= 4 is 33.0 Å². The van der Waals surface area contributed by atoms with Crippen LogP contribution in [-0.4, -0.2) is 41.9 Å². The second kappa shape index (κ2) is 9.59. The van der Waals surface area contributed by atoms with E-state index in [4.69, 9.17) is 4.52 Å². The molecular formula is C24H30N4O4S2. The number of aromatic nitrogens is 2. The van der Waals surface area contributed by atoms with Gasteiger partial charge in [-0.3, -0.25) is 4.79 Å². The molecule has 1 aliphatic heterocycles. The molecule has 3 aromatic rings. The molecule has 182 valence electrons. The van der Waals surface area contributed by atoms with Crippen LogP contribution in [0.4, 0.5) is 5.69 Å². The summed E-state index contributed by atoms with van der Waals surface area (Å²) >= 11 is 1.33. The first-order chi connectivity index (χ1) is 16.1. The lowest BCUT2D eigenvalue weighted by Gasteiger charge is -2.31. The highest BCUT2D eigenvalue weighted by atomic mass is 32.2. The molecule has 1 atom stereocenters. The summed E-state index contributed by atoms with van der Waals surface area (Å²) in [5.74, 6) is 0.435. The minimum absolute atomic E-state index is 0.0885. The molecule has 1 amide bonds. The predicted octanol–water partition coefficient (Wildman–Crippen LogP) is 4.89. The smallest absolute Gasteiger partial charge is 0.244 e. The van der Waals surface area contributed by atoms with Gasteiger partial charge in [0, 0.05) is 29.6 Å². The van der Waals surface area contributed by atoms with Crippen LogP contribution >= 0.6 is 11.3 Å². The number of hydrogen-bond donors (Lipinski definition) is 1. The van der Waals surface area contributed by atoms with Gasteiger partial charge in [0.25, 0.3) is 0 Å². The maximum absolute atomic E-state index is 13.5. The summed E-state index contributed by atoms with van der Waals surface area (Å²) in [4.78, 5) is 18.9. The second-order valence-corrected chi connectivity index (χ2v) is 12.2. The van der Waals surface area contributed by atoms with Crippen molar-refractivity contribution in [2.45, 2.75) is 58.3 Å². The fourth-order valence-corrected chi connectivity index (χ4v) is 7.05. The number of anilines is 1. The molecule has 1 aliphatic rings. The fourth-order valence-electron chi connectivity index (χ4n) is 4.04. The van der Waals surface area contributed by atoms with E-state index in [9.17, 15) is 13.2 Å². The van der Waals surface area contributed by atoms with Crippen LogP contribution in [-0.2, 0) is 14.8 Å². The molecular weight excluding hydrogens is 472 g/mol. The average molecular weight is 503 g/mol. The number of amides is 1. The van der Waals surface area contributed by atoms with Gasteiger partial charge >= 0.3 is 0 Å². The van der Waals surface area contributed by atoms with Crippen LogP contribution in [0.2, 0.25) is 0 Å². The Morgan fingerprint density at radius 1 is 1.26 bits per heavy atom. The Labute approximate surface area is 204 Å². The van der Waals surface area contributed by atoms with Crippen LogP contribution in [0.1, 0.15) is 54.5 Å². The number of hydrogen-bond acceptors (Lipinski definition) is 7.